The van der Waals surface area contributed by atoms with Crippen molar-refractivity contribution in [2.45, 2.75) is 6.42 Å². The first-order valence-electron chi connectivity index (χ1n) is 7.40. The average Bonchev–Trinajstić information content (AvgIpc) is 2.59. The van der Waals surface area contributed by atoms with E-state index in [9.17, 15) is 9.59 Å². The van der Waals surface area contributed by atoms with Crippen LogP contribution in [0.5, 0.6) is 5.75 Å². The first-order chi connectivity index (χ1) is 11.2. The summed E-state index contributed by atoms with van der Waals surface area (Å²) < 4.78 is 5.72. The maximum absolute atomic E-state index is 11.5. The van der Waals surface area contributed by atoms with Crippen LogP contribution >= 0.6 is 0 Å². The smallest absolute Gasteiger partial charge is 0.239 e. The number of rotatable bonds is 8. The second-order valence-electron chi connectivity index (χ2n) is 4.86. The number of carbonyl (C=O) groups is 2. The highest BCUT2D eigenvalue weighted by Gasteiger charge is 2.04. The molecule has 122 valence electrons. The van der Waals surface area contributed by atoms with Crippen LogP contribution in [0.3, 0.4) is 0 Å². The van der Waals surface area contributed by atoms with Crippen molar-refractivity contribution in [1.29, 1.82) is 0 Å². The zero-order valence-electron chi connectivity index (χ0n) is 12.7. The molecule has 1 heterocycles. The van der Waals surface area contributed by atoms with Crippen molar-refractivity contribution in [2.75, 3.05) is 26.2 Å². The number of nitrogens with two attached hydrogens (primary N) is 1. The van der Waals surface area contributed by atoms with E-state index in [1.165, 1.54) is 0 Å². The molecule has 2 rings (SSSR count). The van der Waals surface area contributed by atoms with E-state index in [0.717, 1.165) is 16.7 Å². The van der Waals surface area contributed by atoms with Crippen molar-refractivity contribution >= 4 is 22.7 Å². The molecule has 0 aliphatic rings. The number of benzene rings is 1. The van der Waals surface area contributed by atoms with Crippen LogP contribution < -0.4 is 21.1 Å². The molecule has 0 radical (unpaired) electrons. The van der Waals surface area contributed by atoms with Gasteiger partial charge in [-0.1, -0.05) is 18.2 Å². The van der Waals surface area contributed by atoms with Gasteiger partial charge in [-0.25, -0.2) is 0 Å². The predicted molar refractivity (Wildman–Crippen MR) is 86.9 cm³/mol. The molecular formula is C16H20N4O3. The van der Waals surface area contributed by atoms with Crippen molar-refractivity contribution in [3.05, 3.63) is 36.5 Å². The summed E-state index contributed by atoms with van der Waals surface area (Å²) >= 11 is 0. The molecule has 1 aromatic carbocycles. The fourth-order valence-corrected chi connectivity index (χ4v) is 1.99. The Morgan fingerprint density at radius 3 is 2.78 bits per heavy atom. The minimum absolute atomic E-state index is 0.0653. The van der Waals surface area contributed by atoms with E-state index in [-0.39, 0.29) is 24.9 Å². The number of amides is 2. The van der Waals surface area contributed by atoms with Crippen LogP contribution in [0.1, 0.15) is 6.42 Å². The number of nitrogens with one attached hydrogen (secondary N) is 2. The topological polar surface area (TPSA) is 106 Å². The predicted octanol–water partition coefficient (Wildman–Crippen LogP) is 0.195. The third-order valence-electron chi connectivity index (χ3n) is 3.13. The maximum Gasteiger partial charge on any atom is 0.239 e. The molecule has 1 aromatic heterocycles. The van der Waals surface area contributed by atoms with Gasteiger partial charge >= 0.3 is 0 Å². The molecule has 0 atom stereocenters. The van der Waals surface area contributed by atoms with Crippen LogP contribution in [0.2, 0.25) is 0 Å². The Morgan fingerprint density at radius 1 is 1.13 bits per heavy atom. The highest BCUT2D eigenvalue weighted by molar-refractivity contribution is 5.85. The molecule has 4 N–H and O–H groups in total. The highest BCUT2D eigenvalue weighted by Crippen LogP contribution is 2.22. The fraction of sp³-hybridized carbons (Fsp3) is 0.312. The lowest BCUT2D eigenvalue weighted by atomic mass is 10.2. The molecular weight excluding hydrogens is 296 g/mol. The minimum atomic E-state index is -0.355. The van der Waals surface area contributed by atoms with E-state index in [1.807, 2.05) is 30.3 Å². The van der Waals surface area contributed by atoms with Crippen LogP contribution in [0, 0.1) is 0 Å². The molecule has 0 unspecified atom stereocenters. The molecule has 0 fully saturated rings. The highest BCUT2D eigenvalue weighted by atomic mass is 16.5. The summed E-state index contributed by atoms with van der Waals surface area (Å²) in [5.41, 5.74) is 5.95. The number of nitrogens with zero attached hydrogens (tertiary/aromatic N) is 1. The molecule has 0 aliphatic carbocycles. The quantitative estimate of drug-likeness (QED) is 0.603. The summed E-state index contributed by atoms with van der Waals surface area (Å²) in [4.78, 5) is 26.7. The molecule has 2 amide bonds. The molecule has 23 heavy (non-hydrogen) atoms. The van der Waals surface area contributed by atoms with Crippen molar-refractivity contribution in [3.63, 3.8) is 0 Å². The van der Waals surface area contributed by atoms with Crippen LogP contribution in [-0.2, 0) is 9.59 Å². The zero-order chi connectivity index (χ0) is 16.5. The third kappa shape index (κ3) is 5.23. The molecule has 7 heteroatoms. The first-order valence-corrected chi connectivity index (χ1v) is 7.40. The van der Waals surface area contributed by atoms with Gasteiger partial charge in [-0.3, -0.25) is 14.6 Å². The fourth-order valence-electron chi connectivity index (χ4n) is 1.99. The summed E-state index contributed by atoms with van der Waals surface area (Å²) in [6, 6.07) is 9.62. The van der Waals surface area contributed by atoms with E-state index in [2.05, 4.69) is 15.6 Å². The number of ether oxygens (including phenoxy) is 1. The van der Waals surface area contributed by atoms with Gasteiger partial charge in [-0.2, -0.15) is 0 Å². The van der Waals surface area contributed by atoms with E-state index < -0.39 is 0 Å². The number of fused-ring (bicyclic) bond motifs is 1. The monoisotopic (exact) mass is 316 g/mol. The normalized spacial score (nSPS) is 10.3. The molecule has 0 aliphatic heterocycles. The number of carbonyl (C=O) groups excluding carboxylic acids is 2. The van der Waals surface area contributed by atoms with Gasteiger partial charge in [-0.15, -0.1) is 0 Å². The van der Waals surface area contributed by atoms with Crippen molar-refractivity contribution in [2.24, 2.45) is 5.73 Å². The van der Waals surface area contributed by atoms with Crippen LogP contribution in [0.15, 0.2) is 36.5 Å². The standard InChI is InChI=1S/C16H20N4O3/c17-10-14(21)20-11-15(22)18-8-3-9-23-13-6-1-4-12-5-2-7-19-16(12)13/h1-2,4-7H,3,8-11,17H2,(H,18,22)(H,20,21). The second-order valence-corrected chi connectivity index (χ2v) is 4.86. The van der Waals surface area contributed by atoms with Gasteiger partial charge in [0.15, 0.2) is 0 Å². The average molecular weight is 316 g/mol. The van der Waals surface area contributed by atoms with Crippen molar-refractivity contribution in [1.82, 2.24) is 15.6 Å². The van der Waals surface area contributed by atoms with Gasteiger partial charge in [0.25, 0.3) is 0 Å². The van der Waals surface area contributed by atoms with E-state index in [4.69, 9.17) is 10.5 Å². The lowest BCUT2D eigenvalue weighted by Gasteiger charge is -2.09. The SMILES string of the molecule is NCC(=O)NCC(=O)NCCCOc1cccc2cccnc12. The molecule has 2 aromatic rings. The lowest BCUT2D eigenvalue weighted by Crippen LogP contribution is -2.39. The van der Waals surface area contributed by atoms with Gasteiger partial charge in [-0.05, 0) is 18.6 Å². The summed E-state index contributed by atoms with van der Waals surface area (Å²) in [6.07, 6.45) is 2.38. The third-order valence-corrected chi connectivity index (χ3v) is 3.13. The Bertz CT molecular complexity index is 670. The molecule has 0 bridgehead atoms. The Labute approximate surface area is 134 Å². The summed E-state index contributed by atoms with van der Waals surface area (Å²) in [5, 5.41) is 6.12. The lowest BCUT2D eigenvalue weighted by molar-refractivity contribution is -0.125. The van der Waals surface area contributed by atoms with Gasteiger partial charge in [0.1, 0.15) is 11.3 Å². The molecule has 0 spiro atoms. The second kappa shape index (κ2) is 8.70. The number of pyridine rings is 1. The molecule has 7 nitrogen and oxygen atoms in total. The summed E-state index contributed by atoms with van der Waals surface area (Å²) in [5.74, 6) is 0.121. The number of hydrogen-bond acceptors (Lipinski definition) is 5. The summed E-state index contributed by atoms with van der Waals surface area (Å²) in [7, 11) is 0. The minimum Gasteiger partial charge on any atom is -0.491 e. The Kier molecular flexibility index (Phi) is 6.31. The molecule has 0 saturated heterocycles. The van der Waals surface area contributed by atoms with Gasteiger partial charge < -0.3 is 21.1 Å². The summed E-state index contributed by atoms with van der Waals surface area (Å²) in [6.45, 7) is 0.741. The zero-order valence-corrected chi connectivity index (χ0v) is 12.7. The van der Waals surface area contributed by atoms with Gasteiger partial charge in [0, 0.05) is 18.1 Å². The number of hydrogen-bond donors (Lipinski definition) is 3. The van der Waals surface area contributed by atoms with E-state index in [1.54, 1.807) is 6.20 Å². The van der Waals surface area contributed by atoms with Gasteiger partial charge in [0.2, 0.25) is 11.8 Å². The Morgan fingerprint density at radius 2 is 1.96 bits per heavy atom. The molecule has 0 saturated carbocycles. The maximum atomic E-state index is 11.5. The van der Waals surface area contributed by atoms with Crippen molar-refractivity contribution in [3.8, 4) is 5.75 Å². The van der Waals surface area contributed by atoms with Crippen LogP contribution in [0.25, 0.3) is 10.9 Å². The van der Waals surface area contributed by atoms with Gasteiger partial charge in [0.05, 0.1) is 19.7 Å². The Balaban J connectivity index is 1.69. The Hall–Kier alpha value is -2.67. The van der Waals surface area contributed by atoms with Crippen LogP contribution in [0.4, 0.5) is 0 Å². The van der Waals surface area contributed by atoms with Crippen molar-refractivity contribution < 1.29 is 14.3 Å². The van der Waals surface area contributed by atoms with E-state index in [0.29, 0.717) is 19.6 Å². The van der Waals surface area contributed by atoms with E-state index >= 15 is 0 Å². The number of para-hydroxylation sites is 1. The first kappa shape index (κ1) is 16.7. The van der Waals surface area contributed by atoms with Crippen LogP contribution in [-0.4, -0.2) is 43.0 Å². The number of aromatic nitrogens is 1. The largest absolute Gasteiger partial charge is 0.491 e.